The van der Waals surface area contributed by atoms with Crippen molar-refractivity contribution in [1.29, 1.82) is 0 Å². The van der Waals surface area contributed by atoms with E-state index in [1.807, 2.05) is 0 Å². The summed E-state index contributed by atoms with van der Waals surface area (Å²) in [4.78, 5) is 9.29. The summed E-state index contributed by atoms with van der Waals surface area (Å²) in [5, 5.41) is 11.2. The average molecular weight is 304 g/mol. The number of rotatable bonds is 7. The van der Waals surface area contributed by atoms with Gasteiger partial charge in [0.2, 0.25) is 0 Å². The maximum Gasteiger partial charge on any atom is 0.135 e. The predicted octanol–water partition coefficient (Wildman–Crippen LogP) is 4.15. The maximum atomic E-state index is 4.68. The Labute approximate surface area is 131 Å². The van der Waals surface area contributed by atoms with Crippen LogP contribution < -0.4 is 10.6 Å². The lowest BCUT2D eigenvalue weighted by Gasteiger charge is -2.14. The van der Waals surface area contributed by atoms with Gasteiger partial charge in [-0.2, -0.15) is 11.3 Å². The smallest absolute Gasteiger partial charge is 0.135 e. The molecular weight excluding hydrogens is 280 g/mol. The fraction of sp³-hybridized carbons (Fsp3) is 0.500. The van der Waals surface area contributed by atoms with E-state index in [1.54, 1.807) is 11.3 Å². The summed E-state index contributed by atoms with van der Waals surface area (Å²) in [6.45, 7) is 10.1. The second kappa shape index (κ2) is 7.41. The Balaban J connectivity index is 2.21. The van der Waals surface area contributed by atoms with Gasteiger partial charge in [0.05, 0.1) is 0 Å². The molecule has 0 unspecified atom stereocenters. The average Bonchev–Trinajstić information content (AvgIpc) is 2.87. The first-order chi connectivity index (χ1) is 10.2. The molecule has 0 spiro atoms. The highest BCUT2D eigenvalue weighted by Gasteiger charge is 2.10. The number of nitrogens with zero attached hydrogens (tertiary/aromatic N) is 2. The largest absolute Gasteiger partial charge is 0.370 e. The summed E-state index contributed by atoms with van der Waals surface area (Å²) in [5.41, 5.74) is 3.75. The third kappa shape index (κ3) is 3.94. The minimum Gasteiger partial charge on any atom is -0.370 e. The van der Waals surface area contributed by atoms with E-state index in [1.165, 1.54) is 11.1 Å². The molecule has 5 heteroatoms. The molecule has 0 saturated heterocycles. The van der Waals surface area contributed by atoms with Crippen LogP contribution in [0.3, 0.4) is 0 Å². The molecule has 114 valence electrons. The van der Waals surface area contributed by atoms with Crippen molar-refractivity contribution in [3.05, 3.63) is 33.3 Å². The molecule has 0 aromatic carbocycles. The Bertz CT molecular complexity index is 592. The number of aryl methyl sites for hydroxylation is 2. The van der Waals surface area contributed by atoms with Gasteiger partial charge in [-0.05, 0) is 49.1 Å². The molecule has 2 aromatic rings. The van der Waals surface area contributed by atoms with Crippen LogP contribution >= 0.6 is 11.3 Å². The summed E-state index contributed by atoms with van der Waals surface area (Å²) >= 11 is 1.74. The van der Waals surface area contributed by atoms with Crippen molar-refractivity contribution in [2.45, 2.75) is 47.1 Å². The van der Waals surface area contributed by atoms with E-state index < -0.39 is 0 Å². The van der Waals surface area contributed by atoms with E-state index in [0.717, 1.165) is 49.0 Å². The lowest BCUT2D eigenvalue weighted by Crippen LogP contribution is -2.11. The zero-order chi connectivity index (χ0) is 15.2. The molecule has 0 aliphatic carbocycles. The van der Waals surface area contributed by atoms with Crippen molar-refractivity contribution >= 4 is 23.0 Å². The van der Waals surface area contributed by atoms with Crippen LogP contribution in [0.25, 0.3) is 0 Å². The number of anilines is 2. The van der Waals surface area contributed by atoms with Crippen molar-refractivity contribution in [2.75, 3.05) is 17.2 Å². The van der Waals surface area contributed by atoms with E-state index in [2.05, 4.69) is 59.1 Å². The molecule has 2 rings (SSSR count). The highest BCUT2D eigenvalue weighted by Crippen LogP contribution is 2.22. The Morgan fingerprint density at radius 1 is 1.05 bits per heavy atom. The summed E-state index contributed by atoms with van der Waals surface area (Å²) < 4.78 is 0. The van der Waals surface area contributed by atoms with Crippen LogP contribution in [0.5, 0.6) is 0 Å². The molecule has 2 aromatic heterocycles. The van der Waals surface area contributed by atoms with Crippen molar-refractivity contribution in [1.82, 2.24) is 9.97 Å². The molecule has 2 heterocycles. The molecule has 0 bridgehead atoms. The first kappa shape index (κ1) is 15.8. The number of nitrogens with one attached hydrogen (secondary N) is 2. The predicted molar refractivity (Wildman–Crippen MR) is 91.3 cm³/mol. The normalized spacial score (nSPS) is 10.7. The van der Waals surface area contributed by atoms with Crippen LogP contribution in [0.2, 0.25) is 0 Å². The summed E-state index contributed by atoms with van der Waals surface area (Å²) in [6.07, 6.45) is 1.96. The monoisotopic (exact) mass is 304 g/mol. The molecule has 0 aliphatic heterocycles. The molecule has 0 radical (unpaired) electrons. The maximum absolute atomic E-state index is 4.68. The third-order valence-electron chi connectivity index (χ3n) is 3.42. The van der Waals surface area contributed by atoms with Crippen molar-refractivity contribution < 1.29 is 0 Å². The van der Waals surface area contributed by atoms with Gasteiger partial charge in [-0.1, -0.05) is 6.92 Å². The number of hydrogen-bond donors (Lipinski definition) is 2. The van der Waals surface area contributed by atoms with Crippen molar-refractivity contribution in [3.8, 4) is 0 Å². The number of thiophene rings is 1. The second-order valence-electron chi connectivity index (χ2n) is 5.18. The van der Waals surface area contributed by atoms with Crippen molar-refractivity contribution in [2.24, 2.45) is 0 Å². The molecule has 4 nitrogen and oxygen atoms in total. The van der Waals surface area contributed by atoms with Crippen LogP contribution in [0.15, 0.2) is 10.8 Å². The fourth-order valence-electron chi connectivity index (χ4n) is 2.16. The molecular formula is C16H24N4S. The summed E-state index contributed by atoms with van der Waals surface area (Å²) in [5.74, 6) is 2.79. The van der Waals surface area contributed by atoms with Crippen molar-refractivity contribution in [3.63, 3.8) is 0 Å². The first-order valence-corrected chi connectivity index (χ1v) is 8.46. The van der Waals surface area contributed by atoms with Gasteiger partial charge in [-0.25, -0.2) is 9.97 Å². The zero-order valence-electron chi connectivity index (χ0n) is 13.3. The first-order valence-electron chi connectivity index (χ1n) is 7.52. The summed E-state index contributed by atoms with van der Waals surface area (Å²) in [6, 6.07) is 0. The minimum absolute atomic E-state index is 0.810. The van der Waals surface area contributed by atoms with Gasteiger partial charge in [-0.15, -0.1) is 0 Å². The number of aromatic nitrogens is 2. The Hall–Kier alpha value is -1.62. The van der Waals surface area contributed by atoms with E-state index in [0.29, 0.717) is 0 Å². The minimum atomic E-state index is 0.810. The zero-order valence-corrected chi connectivity index (χ0v) is 14.1. The van der Waals surface area contributed by atoms with E-state index in [-0.39, 0.29) is 0 Å². The van der Waals surface area contributed by atoms with Gasteiger partial charge >= 0.3 is 0 Å². The highest BCUT2D eigenvalue weighted by molar-refractivity contribution is 7.08. The Morgan fingerprint density at radius 3 is 2.33 bits per heavy atom. The van der Waals surface area contributed by atoms with Gasteiger partial charge in [0, 0.05) is 25.1 Å². The molecule has 0 saturated carbocycles. The lowest BCUT2D eigenvalue weighted by molar-refractivity contribution is 0.830. The van der Waals surface area contributed by atoms with Gasteiger partial charge in [0.25, 0.3) is 0 Å². The standard InChI is InChI=1S/C16H24N4S/c1-5-7-14-19-15(17-6-2)12(4)16(20-14)18-8-13-10-21-9-11(13)3/h9-10H,5-8H2,1-4H3,(H2,17,18,19,20). The highest BCUT2D eigenvalue weighted by atomic mass is 32.1. The molecule has 0 atom stereocenters. The topological polar surface area (TPSA) is 49.8 Å². The van der Waals surface area contributed by atoms with Crippen LogP contribution in [0.4, 0.5) is 11.6 Å². The lowest BCUT2D eigenvalue weighted by atomic mass is 10.2. The molecule has 0 fully saturated rings. The van der Waals surface area contributed by atoms with Crippen LogP contribution in [0, 0.1) is 13.8 Å². The quantitative estimate of drug-likeness (QED) is 0.806. The molecule has 2 N–H and O–H groups in total. The van der Waals surface area contributed by atoms with E-state index in [9.17, 15) is 0 Å². The molecule has 21 heavy (non-hydrogen) atoms. The van der Waals surface area contributed by atoms with Crippen LogP contribution in [-0.2, 0) is 13.0 Å². The van der Waals surface area contributed by atoms with Gasteiger partial charge in [-0.3, -0.25) is 0 Å². The second-order valence-corrected chi connectivity index (χ2v) is 5.92. The Kier molecular flexibility index (Phi) is 5.56. The van der Waals surface area contributed by atoms with Gasteiger partial charge in [0.15, 0.2) is 0 Å². The number of hydrogen-bond acceptors (Lipinski definition) is 5. The van der Waals surface area contributed by atoms with E-state index >= 15 is 0 Å². The van der Waals surface area contributed by atoms with Gasteiger partial charge < -0.3 is 10.6 Å². The molecule has 0 aliphatic rings. The fourth-order valence-corrected chi connectivity index (χ4v) is 3.01. The molecule has 0 amide bonds. The third-order valence-corrected chi connectivity index (χ3v) is 4.33. The van der Waals surface area contributed by atoms with E-state index in [4.69, 9.17) is 0 Å². The van der Waals surface area contributed by atoms with Crippen LogP contribution in [-0.4, -0.2) is 16.5 Å². The summed E-state index contributed by atoms with van der Waals surface area (Å²) in [7, 11) is 0. The van der Waals surface area contributed by atoms with Crippen LogP contribution in [0.1, 0.15) is 42.8 Å². The van der Waals surface area contributed by atoms with Gasteiger partial charge in [0.1, 0.15) is 17.5 Å². The Morgan fingerprint density at radius 2 is 1.76 bits per heavy atom. The SMILES string of the molecule is CCCc1nc(NCC)c(C)c(NCc2cscc2C)n1.